The van der Waals surface area contributed by atoms with Gasteiger partial charge in [0.05, 0.1) is 21.1 Å². The van der Waals surface area contributed by atoms with Gasteiger partial charge in [0, 0.05) is 32.7 Å². The molecule has 0 radical (unpaired) electrons. The first-order chi connectivity index (χ1) is 14.4. The Morgan fingerprint density at radius 2 is 1.90 bits per heavy atom. The molecule has 1 saturated heterocycles. The first-order valence-corrected chi connectivity index (χ1v) is 13.1. The van der Waals surface area contributed by atoms with Gasteiger partial charge >= 0.3 is 0 Å². The normalized spacial score (nSPS) is 15.7. The molecule has 1 amide bonds. The van der Waals surface area contributed by atoms with Gasteiger partial charge in [-0.3, -0.25) is 4.79 Å². The van der Waals surface area contributed by atoms with Crippen molar-refractivity contribution in [1.29, 1.82) is 0 Å². The number of carbonyl (C=O) groups excluding carboxylic acids is 1. The van der Waals surface area contributed by atoms with E-state index in [0.717, 1.165) is 34.1 Å². The molecule has 7 nitrogen and oxygen atoms in total. The second kappa shape index (κ2) is 8.88. The number of amides is 1. The Bertz CT molecular complexity index is 1170. The van der Waals surface area contributed by atoms with Crippen LogP contribution in [0.3, 0.4) is 0 Å². The zero-order chi connectivity index (χ0) is 21.3. The van der Waals surface area contributed by atoms with E-state index in [4.69, 9.17) is 11.6 Å². The van der Waals surface area contributed by atoms with Crippen molar-refractivity contribution >= 4 is 61.7 Å². The maximum atomic E-state index is 12.7. The number of carbonyl (C=O) groups is 1. The Morgan fingerprint density at radius 3 is 2.57 bits per heavy atom. The summed E-state index contributed by atoms with van der Waals surface area (Å²) in [6.45, 7) is 4.15. The third-order valence-corrected chi connectivity index (χ3v) is 9.55. The maximum absolute atomic E-state index is 12.7. The lowest BCUT2D eigenvalue weighted by Crippen LogP contribution is -2.50. The first-order valence-electron chi connectivity index (χ1n) is 9.51. The van der Waals surface area contributed by atoms with Crippen LogP contribution in [0.5, 0.6) is 0 Å². The van der Waals surface area contributed by atoms with Crippen LogP contribution in [0.1, 0.15) is 6.92 Å². The molecule has 3 aromatic rings. The molecule has 160 valence electrons. The zero-order valence-electron chi connectivity index (χ0n) is 16.3. The lowest BCUT2D eigenvalue weighted by molar-refractivity contribution is -0.129. The van der Waals surface area contributed by atoms with E-state index in [1.807, 2.05) is 24.3 Å². The highest BCUT2D eigenvalue weighted by Gasteiger charge is 2.31. The molecule has 0 N–H and O–H groups in total. The fraction of sp³-hybridized carbons (Fsp3) is 0.368. The average molecular weight is 485 g/mol. The Balaban J connectivity index is 1.36. The van der Waals surface area contributed by atoms with Gasteiger partial charge in [-0.1, -0.05) is 35.5 Å². The number of imidazole rings is 1. The molecule has 0 bridgehead atoms. The summed E-state index contributed by atoms with van der Waals surface area (Å²) in [4.78, 5) is 19.1. The molecular formula is C19H21ClN4O3S3. The van der Waals surface area contributed by atoms with Gasteiger partial charge in [0.2, 0.25) is 5.91 Å². The SMILES string of the molecule is CCn1c(SCC(=O)N2CCN(S(=O)(=O)c3ccc(Cl)s3)CC2)nc2ccccc21. The molecule has 0 saturated carbocycles. The maximum Gasteiger partial charge on any atom is 0.252 e. The molecule has 4 rings (SSSR count). The fourth-order valence-corrected chi connectivity index (χ4v) is 7.47. The van der Waals surface area contributed by atoms with E-state index in [2.05, 4.69) is 16.5 Å². The average Bonchev–Trinajstić information content (AvgIpc) is 3.35. The van der Waals surface area contributed by atoms with Crippen LogP contribution in [0.25, 0.3) is 11.0 Å². The molecule has 1 aliphatic rings. The Labute approximate surface area is 188 Å². The fourth-order valence-electron chi connectivity index (χ4n) is 3.43. The van der Waals surface area contributed by atoms with E-state index >= 15 is 0 Å². The summed E-state index contributed by atoms with van der Waals surface area (Å²) in [6.07, 6.45) is 0. The summed E-state index contributed by atoms with van der Waals surface area (Å²) in [6, 6.07) is 11.0. The molecule has 1 aliphatic heterocycles. The topological polar surface area (TPSA) is 75.5 Å². The van der Waals surface area contributed by atoms with Crippen LogP contribution >= 0.6 is 34.7 Å². The van der Waals surface area contributed by atoms with E-state index in [0.29, 0.717) is 17.4 Å². The minimum absolute atomic E-state index is 0.00840. The van der Waals surface area contributed by atoms with Crippen LogP contribution in [-0.2, 0) is 21.4 Å². The number of hydrogen-bond donors (Lipinski definition) is 0. The lowest BCUT2D eigenvalue weighted by atomic mass is 10.3. The third-order valence-electron chi connectivity index (χ3n) is 4.99. The molecule has 1 fully saturated rings. The number of thiophene rings is 1. The molecule has 3 heterocycles. The Kier molecular flexibility index (Phi) is 6.40. The number of fused-ring (bicyclic) bond motifs is 1. The van der Waals surface area contributed by atoms with Gasteiger partial charge in [-0.2, -0.15) is 4.31 Å². The second-order valence-electron chi connectivity index (χ2n) is 6.76. The van der Waals surface area contributed by atoms with Crippen LogP contribution < -0.4 is 0 Å². The zero-order valence-corrected chi connectivity index (χ0v) is 19.5. The highest BCUT2D eigenvalue weighted by molar-refractivity contribution is 7.99. The smallest absolute Gasteiger partial charge is 0.252 e. The van der Waals surface area contributed by atoms with Crippen molar-refractivity contribution in [2.45, 2.75) is 22.8 Å². The molecule has 0 spiro atoms. The van der Waals surface area contributed by atoms with Crippen LogP contribution in [0.4, 0.5) is 0 Å². The summed E-state index contributed by atoms with van der Waals surface area (Å²) in [5.41, 5.74) is 1.98. The number of thioether (sulfide) groups is 1. The standard InChI is InChI=1S/C19H21ClN4O3S3/c1-2-24-15-6-4-3-5-14(15)21-19(24)28-13-17(25)22-9-11-23(12-10-22)30(26,27)18-8-7-16(20)29-18/h3-8H,2,9-13H2,1H3. The van der Waals surface area contributed by atoms with E-state index in [-0.39, 0.29) is 29.0 Å². The monoisotopic (exact) mass is 484 g/mol. The van der Waals surface area contributed by atoms with Gasteiger partial charge in [0.15, 0.2) is 5.16 Å². The minimum Gasteiger partial charge on any atom is -0.339 e. The summed E-state index contributed by atoms with van der Waals surface area (Å²) in [7, 11) is -3.56. The molecule has 11 heteroatoms. The highest BCUT2D eigenvalue weighted by Crippen LogP contribution is 2.29. The van der Waals surface area contributed by atoms with Crippen molar-refractivity contribution in [3.05, 3.63) is 40.7 Å². The number of halogens is 1. The quantitative estimate of drug-likeness (QED) is 0.501. The molecule has 0 unspecified atom stereocenters. The van der Waals surface area contributed by atoms with Crippen LogP contribution in [0.15, 0.2) is 45.8 Å². The van der Waals surface area contributed by atoms with Gasteiger partial charge < -0.3 is 9.47 Å². The predicted molar refractivity (Wildman–Crippen MR) is 121 cm³/mol. The number of rotatable bonds is 6. The number of nitrogens with zero attached hydrogens (tertiary/aromatic N) is 4. The van der Waals surface area contributed by atoms with Crippen LogP contribution in [-0.4, -0.2) is 65.0 Å². The van der Waals surface area contributed by atoms with E-state index in [9.17, 15) is 13.2 Å². The van der Waals surface area contributed by atoms with Crippen molar-refractivity contribution in [2.75, 3.05) is 31.9 Å². The van der Waals surface area contributed by atoms with Crippen molar-refractivity contribution in [3.8, 4) is 0 Å². The minimum atomic E-state index is -3.56. The number of sulfonamides is 1. The lowest BCUT2D eigenvalue weighted by Gasteiger charge is -2.33. The van der Waals surface area contributed by atoms with Gasteiger partial charge in [0.25, 0.3) is 10.0 Å². The third kappa shape index (κ3) is 4.24. The van der Waals surface area contributed by atoms with E-state index in [1.54, 1.807) is 11.0 Å². The van der Waals surface area contributed by atoms with Gasteiger partial charge in [-0.15, -0.1) is 11.3 Å². The summed E-state index contributed by atoms with van der Waals surface area (Å²) >= 11 is 8.35. The van der Waals surface area contributed by atoms with Crippen molar-refractivity contribution in [2.24, 2.45) is 0 Å². The first kappa shape index (κ1) is 21.6. The van der Waals surface area contributed by atoms with Crippen LogP contribution in [0.2, 0.25) is 4.34 Å². The summed E-state index contributed by atoms with van der Waals surface area (Å²) < 4.78 is 29.6. The molecule has 30 heavy (non-hydrogen) atoms. The number of piperazine rings is 1. The molecular weight excluding hydrogens is 464 g/mol. The van der Waals surface area contributed by atoms with Crippen LogP contribution in [0, 0.1) is 0 Å². The van der Waals surface area contributed by atoms with E-state index < -0.39 is 10.0 Å². The second-order valence-corrected chi connectivity index (χ2v) is 11.6. The number of para-hydroxylation sites is 2. The van der Waals surface area contributed by atoms with Gasteiger partial charge in [-0.05, 0) is 31.2 Å². The number of benzene rings is 1. The van der Waals surface area contributed by atoms with Crippen molar-refractivity contribution < 1.29 is 13.2 Å². The molecule has 1 aromatic carbocycles. The Morgan fingerprint density at radius 1 is 1.17 bits per heavy atom. The van der Waals surface area contributed by atoms with E-state index in [1.165, 1.54) is 22.1 Å². The molecule has 0 atom stereocenters. The Hall–Kier alpha value is -1.59. The summed E-state index contributed by atoms with van der Waals surface area (Å²) in [5, 5.41) is 0.822. The molecule has 0 aliphatic carbocycles. The predicted octanol–water partition coefficient (Wildman–Crippen LogP) is 3.40. The van der Waals surface area contributed by atoms with Crippen molar-refractivity contribution in [1.82, 2.24) is 18.8 Å². The number of aryl methyl sites for hydroxylation is 1. The van der Waals surface area contributed by atoms with Gasteiger partial charge in [0.1, 0.15) is 4.21 Å². The van der Waals surface area contributed by atoms with Gasteiger partial charge in [-0.25, -0.2) is 13.4 Å². The largest absolute Gasteiger partial charge is 0.339 e. The number of aromatic nitrogens is 2. The van der Waals surface area contributed by atoms with Crippen molar-refractivity contribution in [3.63, 3.8) is 0 Å². The highest BCUT2D eigenvalue weighted by atomic mass is 35.5. The molecule has 2 aromatic heterocycles. The summed E-state index contributed by atoms with van der Waals surface area (Å²) in [5.74, 6) is 0.266. The number of hydrogen-bond acceptors (Lipinski definition) is 6.